The van der Waals surface area contributed by atoms with Crippen LogP contribution in [-0.4, -0.2) is 34.5 Å². The summed E-state index contributed by atoms with van der Waals surface area (Å²) >= 11 is 0. The van der Waals surface area contributed by atoms with Gasteiger partial charge in [-0.05, 0) is 38.0 Å². The molecule has 1 aromatic carbocycles. The molecule has 1 heterocycles. The molecule has 2 rings (SSSR count). The van der Waals surface area contributed by atoms with Gasteiger partial charge in [-0.15, -0.1) is 0 Å². The highest BCUT2D eigenvalue weighted by molar-refractivity contribution is 7.85. The third kappa shape index (κ3) is 3.81. The Morgan fingerprint density at radius 2 is 2.15 bits per heavy atom. The first-order chi connectivity index (χ1) is 9.61. The summed E-state index contributed by atoms with van der Waals surface area (Å²) in [5.41, 5.74) is 7.15. The second kappa shape index (κ2) is 7.20. The molecule has 1 saturated heterocycles. The van der Waals surface area contributed by atoms with Gasteiger partial charge in [-0.2, -0.15) is 0 Å². The van der Waals surface area contributed by atoms with Crippen molar-refractivity contribution >= 4 is 10.8 Å². The van der Waals surface area contributed by atoms with E-state index in [0.29, 0.717) is 19.0 Å². The van der Waals surface area contributed by atoms with Gasteiger partial charge in [-0.1, -0.05) is 12.1 Å². The third-order valence-electron chi connectivity index (χ3n) is 3.61. The Morgan fingerprint density at radius 1 is 1.45 bits per heavy atom. The number of hydrogen-bond acceptors (Lipinski definition) is 4. The van der Waals surface area contributed by atoms with Crippen molar-refractivity contribution in [3.05, 3.63) is 29.8 Å². The van der Waals surface area contributed by atoms with Gasteiger partial charge >= 0.3 is 0 Å². The number of nitrogens with two attached hydrogens (primary N) is 1. The van der Waals surface area contributed by atoms with Gasteiger partial charge in [0.05, 0.1) is 18.0 Å². The lowest BCUT2D eigenvalue weighted by Gasteiger charge is -2.17. The molecule has 5 heteroatoms. The first kappa shape index (κ1) is 15.5. The lowest BCUT2D eigenvalue weighted by atomic mass is 10.1. The van der Waals surface area contributed by atoms with Crippen LogP contribution in [-0.2, 0) is 15.5 Å². The van der Waals surface area contributed by atoms with Crippen LogP contribution in [0.2, 0.25) is 0 Å². The Morgan fingerprint density at radius 3 is 2.70 bits per heavy atom. The van der Waals surface area contributed by atoms with Crippen LogP contribution in [0.15, 0.2) is 24.3 Å². The molecule has 0 aromatic heterocycles. The molecule has 1 aliphatic rings. The van der Waals surface area contributed by atoms with Crippen LogP contribution in [0, 0.1) is 0 Å². The molecular weight excluding hydrogens is 274 g/mol. The average Bonchev–Trinajstić information content (AvgIpc) is 2.86. The molecule has 0 radical (unpaired) electrons. The minimum Gasteiger partial charge on any atom is -0.494 e. The normalized spacial score (nSPS) is 25.4. The van der Waals surface area contributed by atoms with Gasteiger partial charge in [0, 0.05) is 29.2 Å². The second-order valence-corrected chi connectivity index (χ2v) is 6.76. The molecule has 0 amide bonds. The van der Waals surface area contributed by atoms with E-state index in [1.807, 2.05) is 38.1 Å². The lowest BCUT2D eigenvalue weighted by Crippen LogP contribution is -2.29. The SMILES string of the molecule is CCOc1ccc(C(N)CS(=O)C2CCOC2C)cc1. The zero-order valence-corrected chi connectivity index (χ0v) is 12.9. The van der Waals surface area contributed by atoms with E-state index < -0.39 is 10.8 Å². The highest BCUT2D eigenvalue weighted by atomic mass is 32.2. The van der Waals surface area contributed by atoms with E-state index in [1.54, 1.807) is 0 Å². The number of ether oxygens (including phenoxy) is 2. The van der Waals surface area contributed by atoms with Crippen molar-refractivity contribution in [3.63, 3.8) is 0 Å². The molecule has 20 heavy (non-hydrogen) atoms. The minimum absolute atomic E-state index is 0.0726. The number of hydrogen-bond donors (Lipinski definition) is 1. The molecule has 0 spiro atoms. The molecule has 0 saturated carbocycles. The monoisotopic (exact) mass is 297 g/mol. The van der Waals surface area contributed by atoms with Crippen molar-refractivity contribution in [2.45, 2.75) is 37.7 Å². The van der Waals surface area contributed by atoms with Crippen molar-refractivity contribution in [2.24, 2.45) is 5.73 Å². The van der Waals surface area contributed by atoms with Gasteiger partial charge in [0.25, 0.3) is 0 Å². The molecule has 0 bridgehead atoms. The Balaban J connectivity index is 1.93. The minimum atomic E-state index is -0.946. The molecular formula is C15H23NO3S. The van der Waals surface area contributed by atoms with Crippen LogP contribution < -0.4 is 10.5 Å². The predicted molar refractivity (Wildman–Crippen MR) is 81.4 cm³/mol. The maximum atomic E-state index is 12.3. The van der Waals surface area contributed by atoms with E-state index in [0.717, 1.165) is 17.7 Å². The van der Waals surface area contributed by atoms with E-state index in [1.165, 1.54) is 0 Å². The summed E-state index contributed by atoms with van der Waals surface area (Å²) in [6.45, 7) is 5.29. The maximum absolute atomic E-state index is 12.3. The van der Waals surface area contributed by atoms with Gasteiger partial charge in [0.2, 0.25) is 0 Å². The van der Waals surface area contributed by atoms with Crippen molar-refractivity contribution < 1.29 is 13.7 Å². The summed E-state index contributed by atoms with van der Waals surface area (Å²) in [6.07, 6.45) is 0.937. The lowest BCUT2D eigenvalue weighted by molar-refractivity contribution is 0.127. The van der Waals surface area contributed by atoms with Crippen molar-refractivity contribution in [2.75, 3.05) is 19.0 Å². The molecule has 1 fully saturated rings. The first-order valence-corrected chi connectivity index (χ1v) is 8.47. The van der Waals surface area contributed by atoms with Crippen LogP contribution in [0.3, 0.4) is 0 Å². The molecule has 0 aliphatic carbocycles. The highest BCUT2D eigenvalue weighted by Gasteiger charge is 2.30. The summed E-state index contributed by atoms with van der Waals surface area (Å²) < 4.78 is 23.2. The predicted octanol–water partition coefficient (Wildman–Crippen LogP) is 2.01. The maximum Gasteiger partial charge on any atom is 0.119 e. The topological polar surface area (TPSA) is 61.5 Å². The van der Waals surface area contributed by atoms with Crippen LogP contribution >= 0.6 is 0 Å². The van der Waals surface area contributed by atoms with E-state index in [9.17, 15) is 4.21 Å². The van der Waals surface area contributed by atoms with E-state index in [-0.39, 0.29) is 17.4 Å². The quantitative estimate of drug-likeness (QED) is 0.872. The van der Waals surface area contributed by atoms with E-state index in [2.05, 4.69) is 0 Å². The van der Waals surface area contributed by atoms with Gasteiger partial charge in [-0.3, -0.25) is 4.21 Å². The summed E-state index contributed by atoms with van der Waals surface area (Å²) in [4.78, 5) is 0. The van der Waals surface area contributed by atoms with Gasteiger partial charge in [0.1, 0.15) is 5.75 Å². The zero-order chi connectivity index (χ0) is 14.5. The van der Waals surface area contributed by atoms with E-state index >= 15 is 0 Å². The largest absolute Gasteiger partial charge is 0.494 e. The molecule has 4 nitrogen and oxygen atoms in total. The smallest absolute Gasteiger partial charge is 0.119 e. The fourth-order valence-corrected chi connectivity index (χ4v) is 4.09. The molecule has 1 aromatic rings. The molecule has 2 N–H and O–H groups in total. The summed E-state index contributed by atoms with van der Waals surface area (Å²) in [5, 5.41) is 0.115. The van der Waals surface area contributed by atoms with Gasteiger partial charge in [0.15, 0.2) is 0 Å². The van der Waals surface area contributed by atoms with Gasteiger partial charge < -0.3 is 15.2 Å². The molecule has 112 valence electrons. The van der Waals surface area contributed by atoms with Crippen molar-refractivity contribution in [3.8, 4) is 5.75 Å². The van der Waals surface area contributed by atoms with Crippen molar-refractivity contribution in [1.29, 1.82) is 0 Å². The Kier molecular flexibility index (Phi) is 5.57. The average molecular weight is 297 g/mol. The fourth-order valence-electron chi connectivity index (χ4n) is 2.43. The number of rotatable bonds is 6. The standard InChI is InChI=1S/C15H23NO3S/c1-3-18-13-6-4-12(5-7-13)14(16)10-20(17)15-8-9-19-11(15)2/h4-7,11,14-15H,3,8-10,16H2,1-2H3. The van der Waals surface area contributed by atoms with Crippen LogP contribution in [0.25, 0.3) is 0 Å². The summed E-state index contributed by atoms with van der Waals surface area (Å²) in [6, 6.07) is 7.49. The Labute approximate surface area is 123 Å². The van der Waals surface area contributed by atoms with Crippen LogP contribution in [0.5, 0.6) is 5.75 Å². The Hall–Kier alpha value is -0.910. The summed E-state index contributed by atoms with van der Waals surface area (Å²) in [5.74, 6) is 1.31. The molecule has 1 aliphatic heterocycles. The van der Waals surface area contributed by atoms with Crippen molar-refractivity contribution in [1.82, 2.24) is 0 Å². The Bertz CT molecular complexity index is 449. The number of benzene rings is 1. The zero-order valence-electron chi connectivity index (χ0n) is 12.1. The van der Waals surface area contributed by atoms with E-state index in [4.69, 9.17) is 15.2 Å². The fraction of sp³-hybridized carbons (Fsp3) is 0.600. The second-order valence-electron chi connectivity index (χ2n) is 5.06. The van der Waals surface area contributed by atoms with Crippen LogP contribution in [0.1, 0.15) is 31.9 Å². The third-order valence-corrected chi connectivity index (χ3v) is 5.59. The molecule has 4 unspecified atom stereocenters. The molecule has 4 atom stereocenters. The van der Waals surface area contributed by atoms with Crippen LogP contribution in [0.4, 0.5) is 0 Å². The first-order valence-electron chi connectivity index (χ1n) is 7.09. The highest BCUT2D eigenvalue weighted by Crippen LogP contribution is 2.22. The summed E-state index contributed by atoms with van der Waals surface area (Å²) in [7, 11) is -0.946. The van der Waals surface area contributed by atoms with Gasteiger partial charge in [-0.25, -0.2) is 0 Å².